The van der Waals surface area contributed by atoms with E-state index < -0.39 is 23.2 Å². The Hall–Kier alpha value is -2.44. The van der Waals surface area contributed by atoms with Gasteiger partial charge in [0.05, 0.1) is 24.9 Å². The minimum atomic E-state index is -1.22. The van der Waals surface area contributed by atoms with Gasteiger partial charge in [-0.15, -0.1) is 0 Å². The number of aromatic nitrogens is 2. The van der Waals surface area contributed by atoms with Crippen LogP contribution in [0.4, 0.5) is 14.5 Å². The highest BCUT2D eigenvalue weighted by Crippen LogP contribution is 2.21. The third-order valence-corrected chi connectivity index (χ3v) is 2.70. The van der Waals surface area contributed by atoms with Crippen LogP contribution in [0.25, 0.3) is 0 Å². The number of hydrogen-bond donors (Lipinski definition) is 1. The van der Waals surface area contributed by atoms with E-state index in [0.29, 0.717) is 13.1 Å². The van der Waals surface area contributed by atoms with Gasteiger partial charge in [-0.05, 0) is 18.2 Å². The summed E-state index contributed by atoms with van der Waals surface area (Å²) in [5.74, 6) is -3.24. The minimum absolute atomic E-state index is 0.0118. The van der Waals surface area contributed by atoms with Crippen molar-refractivity contribution in [3.63, 3.8) is 0 Å². The molecule has 1 heterocycles. The van der Waals surface area contributed by atoms with E-state index in [-0.39, 0.29) is 5.69 Å². The fourth-order valence-electron chi connectivity index (χ4n) is 1.69. The van der Waals surface area contributed by atoms with E-state index in [1.54, 1.807) is 23.1 Å². The highest BCUT2D eigenvalue weighted by atomic mass is 19.2. The molecule has 0 saturated carbocycles. The number of carbonyl (C=O) groups excluding carboxylic acids is 1. The Morgan fingerprint density at radius 3 is 2.85 bits per heavy atom. The lowest BCUT2D eigenvalue weighted by Gasteiger charge is -2.10. The number of nitrogens with zero attached hydrogens (tertiary/aromatic N) is 2. The van der Waals surface area contributed by atoms with Crippen molar-refractivity contribution in [2.24, 2.45) is 0 Å². The Morgan fingerprint density at radius 2 is 2.20 bits per heavy atom. The first-order chi connectivity index (χ1) is 9.63. The predicted octanol–water partition coefficient (Wildman–Crippen LogP) is 2.06. The van der Waals surface area contributed by atoms with Crippen molar-refractivity contribution < 1.29 is 18.3 Å². The summed E-state index contributed by atoms with van der Waals surface area (Å²) in [6.45, 7) is 0.877. The number of carbonyl (C=O) groups is 1. The van der Waals surface area contributed by atoms with E-state index in [1.807, 2.05) is 0 Å². The van der Waals surface area contributed by atoms with Crippen LogP contribution in [0.3, 0.4) is 0 Å². The molecule has 0 spiro atoms. The average molecular weight is 281 g/mol. The summed E-state index contributed by atoms with van der Waals surface area (Å²) in [5.41, 5.74) is -0.440. The molecule has 2 aromatic rings. The Balaban J connectivity index is 2.05. The van der Waals surface area contributed by atoms with Gasteiger partial charge in [0.2, 0.25) is 0 Å². The van der Waals surface area contributed by atoms with E-state index in [9.17, 15) is 13.6 Å². The molecule has 0 amide bonds. The Labute approximate surface area is 114 Å². The molecule has 0 aliphatic carbocycles. The molecule has 0 fully saturated rings. The lowest BCUT2D eigenvalue weighted by molar-refractivity contribution is 0.0594. The van der Waals surface area contributed by atoms with Crippen molar-refractivity contribution in [3.8, 4) is 0 Å². The molecule has 0 atom stereocenters. The average Bonchev–Trinajstić information content (AvgIpc) is 2.96. The molecule has 0 unspecified atom stereocenters. The minimum Gasteiger partial charge on any atom is -0.465 e. The molecule has 0 bridgehead atoms. The maximum Gasteiger partial charge on any atom is 0.340 e. The molecular weight excluding hydrogens is 268 g/mol. The second-order valence-electron chi connectivity index (χ2n) is 3.98. The Morgan fingerprint density at radius 1 is 1.40 bits per heavy atom. The Bertz CT molecular complexity index is 600. The van der Waals surface area contributed by atoms with Crippen molar-refractivity contribution in [2.75, 3.05) is 19.0 Å². The van der Waals surface area contributed by atoms with Crippen LogP contribution in [0.1, 0.15) is 10.4 Å². The molecule has 0 saturated heterocycles. The molecule has 1 aromatic carbocycles. The Kier molecular flexibility index (Phi) is 4.29. The molecule has 5 nitrogen and oxygen atoms in total. The smallest absolute Gasteiger partial charge is 0.340 e. The van der Waals surface area contributed by atoms with Crippen LogP contribution in [0, 0.1) is 11.6 Å². The SMILES string of the molecule is COC(=O)c1ccc(NCCn2cccn2)c(F)c1F. The first-order valence-corrected chi connectivity index (χ1v) is 5.91. The van der Waals surface area contributed by atoms with Gasteiger partial charge in [-0.3, -0.25) is 4.68 Å². The van der Waals surface area contributed by atoms with Crippen LogP contribution in [0.5, 0.6) is 0 Å². The van der Waals surface area contributed by atoms with Crippen molar-refractivity contribution in [3.05, 3.63) is 47.8 Å². The lowest BCUT2D eigenvalue weighted by Crippen LogP contribution is -2.13. The predicted molar refractivity (Wildman–Crippen MR) is 68.4 cm³/mol. The van der Waals surface area contributed by atoms with Gasteiger partial charge in [-0.1, -0.05) is 0 Å². The summed E-state index contributed by atoms with van der Waals surface area (Å²) in [4.78, 5) is 11.2. The number of hydrogen-bond acceptors (Lipinski definition) is 4. The summed E-state index contributed by atoms with van der Waals surface area (Å²) >= 11 is 0. The van der Waals surface area contributed by atoms with Gasteiger partial charge in [-0.25, -0.2) is 13.6 Å². The summed E-state index contributed by atoms with van der Waals surface area (Å²) in [6.07, 6.45) is 3.39. The van der Waals surface area contributed by atoms with Crippen molar-refractivity contribution in [1.82, 2.24) is 9.78 Å². The maximum absolute atomic E-state index is 13.8. The number of ether oxygens (including phenoxy) is 1. The molecule has 7 heteroatoms. The van der Waals surface area contributed by atoms with Gasteiger partial charge < -0.3 is 10.1 Å². The molecule has 0 aliphatic rings. The summed E-state index contributed by atoms with van der Waals surface area (Å²) in [7, 11) is 1.11. The number of rotatable bonds is 5. The summed E-state index contributed by atoms with van der Waals surface area (Å²) in [5, 5.41) is 6.73. The number of esters is 1. The number of anilines is 1. The van der Waals surface area contributed by atoms with E-state index in [4.69, 9.17) is 0 Å². The number of benzene rings is 1. The highest BCUT2D eigenvalue weighted by molar-refractivity contribution is 5.90. The first kappa shape index (κ1) is 14.0. The van der Waals surface area contributed by atoms with E-state index in [0.717, 1.165) is 7.11 Å². The second-order valence-corrected chi connectivity index (χ2v) is 3.98. The molecule has 20 heavy (non-hydrogen) atoms. The molecule has 1 aromatic heterocycles. The zero-order valence-corrected chi connectivity index (χ0v) is 10.8. The topological polar surface area (TPSA) is 56.1 Å². The quantitative estimate of drug-likeness (QED) is 0.852. The third-order valence-electron chi connectivity index (χ3n) is 2.70. The number of nitrogens with one attached hydrogen (secondary N) is 1. The summed E-state index contributed by atoms with van der Waals surface area (Å²) < 4.78 is 33.4. The van der Waals surface area contributed by atoms with Crippen molar-refractivity contribution in [1.29, 1.82) is 0 Å². The van der Waals surface area contributed by atoms with Crippen LogP contribution in [-0.2, 0) is 11.3 Å². The van der Waals surface area contributed by atoms with Crippen LogP contribution in [-0.4, -0.2) is 29.4 Å². The van der Waals surface area contributed by atoms with Crippen molar-refractivity contribution >= 4 is 11.7 Å². The molecule has 106 valence electrons. The highest BCUT2D eigenvalue weighted by Gasteiger charge is 2.18. The molecule has 0 radical (unpaired) electrons. The third kappa shape index (κ3) is 2.93. The molecule has 2 rings (SSSR count). The van der Waals surface area contributed by atoms with Gasteiger partial charge in [-0.2, -0.15) is 5.10 Å². The zero-order chi connectivity index (χ0) is 14.5. The lowest BCUT2D eigenvalue weighted by atomic mass is 10.2. The van der Waals surface area contributed by atoms with E-state index in [1.165, 1.54) is 12.1 Å². The maximum atomic E-state index is 13.8. The molecule has 0 aliphatic heterocycles. The molecular formula is C13H13F2N3O2. The van der Waals surface area contributed by atoms with Gasteiger partial charge in [0.15, 0.2) is 11.6 Å². The van der Waals surface area contributed by atoms with Crippen LogP contribution < -0.4 is 5.32 Å². The van der Waals surface area contributed by atoms with Gasteiger partial charge >= 0.3 is 5.97 Å². The first-order valence-electron chi connectivity index (χ1n) is 5.91. The van der Waals surface area contributed by atoms with Crippen LogP contribution in [0.2, 0.25) is 0 Å². The van der Waals surface area contributed by atoms with Gasteiger partial charge in [0.1, 0.15) is 0 Å². The standard InChI is InChI=1S/C13H13F2N3O2/c1-20-13(19)9-3-4-10(12(15)11(9)14)16-6-8-18-7-2-5-17-18/h2-5,7,16H,6,8H2,1H3. The zero-order valence-electron chi connectivity index (χ0n) is 10.8. The number of methoxy groups -OCH3 is 1. The fraction of sp³-hybridized carbons (Fsp3) is 0.231. The fourth-order valence-corrected chi connectivity index (χ4v) is 1.69. The largest absolute Gasteiger partial charge is 0.465 e. The van der Waals surface area contributed by atoms with Crippen LogP contribution >= 0.6 is 0 Å². The van der Waals surface area contributed by atoms with E-state index in [2.05, 4.69) is 15.2 Å². The molecule has 1 N–H and O–H groups in total. The van der Waals surface area contributed by atoms with Gasteiger partial charge in [0.25, 0.3) is 0 Å². The number of halogens is 2. The normalized spacial score (nSPS) is 10.3. The monoisotopic (exact) mass is 281 g/mol. The second kappa shape index (κ2) is 6.14. The summed E-state index contributed by atoms with van der Waals surface area (Å²) in [6, 6.07) is 4.25. The van der Waals surface area contributed by atoms with Gasteiger partial charge in [0, 0.05) is 18.9 Å². The van der Waals surface area contributed by atoms with Crippen molar-refractivity contribution in [2.45, 2.75) is 6.54 Å². The van der Waals surface area contributed by atoms with E-state index >= 15 is 0 Å². The van der Waals surface area contributed by atoms with Crippen LogP contribution in [0.15, 0.2) is 30.6 Å².